The molecule has 0 aromatic rings. The third-order valence-electron chi connectivity index (χ3n) is 3.75. The molecule has 2 bridgehead atoms. The summed E-state index contributed by atoms with van der Waals surface area (Å²) in [5, 5.41) is -0.889. The zero-order valence-electron chi connectivity index (χ0n) is 9.30. The van der Waals surface area contributed by atoms with E-state index in [4.69, 9.17) is 21.1 Å². The van der Waals surface area contributed by atoms with E-state index < -0.39 is 44.8 Å². The molecule has 5 atom stereocenters. The Balaban J connectivity index is 2.17. The molecule has 0 amide bonds. The maximum atomic E-state index is 11.9. The predicted octanol–water partition coefficient (Wildman–Crippen LogP) is 0.610. The summed E-state index contributed by atoms with van der Waals surface area (Å²) in [5.41, 5.74) is -1.06. The molecule has 18 heavy (non-hydrogen) atoms. The van der Waals surface area contributed by atoms with E-state index >= 15 is 0 Å². The minimum Gasteiger partial charge on any atom is -0.457 e. The van der Waals surface area contributed by atoms with Gasteiger partial charge in [-0.3, -0.25) is 4.79 Å². The highest BCUT2D eigenvalue weighted by molar-refractivity contribution is 9.11. The van der Waals surface area contributed by atoms with E-state index in [2.05, 4.69) is 15.9 Å². The Morgan fingerprint density at radius 3 is 2.78 bits per heavy atom. The number of sulfone groups is 1. The van der Waals surface area contributed by atoms with E-state index in [1.165, 1.54) is 0 Å². The first-order valence-corrected chi connectivity index (χ1v) is 8.61. The number of ether oxygens (including phenoxy) is 2. The van der Waals surface area contributed by atoms with Crippen molar-refractivity contribution in [3.63, 3.8) is 0 Å². The summed E-state index contributed by atoms with van der Waals surface area (Å²) in [6, 6.07) is 0. The van der Waals surface area contributed by atoms with Crippen LogP contribution in [0, 0.1) is 5.92 Å². The molecule has 3 aliphatic rings. The van der Waals surface area contributed by atoms with Gasteiger partial charge in [-0.15, -0.1) is 11.6 Å². The molecule has 8 heteroatoms. The Bertz CT molecular complexity index is 559. The molecule has 0 aliphatic carbocycles. The van der Waals surface area contributed by atoms with Crippen molar-refractivity contribution in [2.75, 3.05) is 12.1 Å². The van der Waals surface area contributed by atoms with Crippen LogP contribution in [-0.4, -0.2) is 49.6 Å². The van der Waals surface area contributed by atoms with Gasteiger partial charge in [0.25, 0.3) is 0 Å². The zero-order chi connectivity index (χ0) is 13.3. The molecule has 5 nitrogen and oxygen atoms in total. The number of halogens is 2. The highest BCUT2D eigenvalue weighted by atomic mass is 79.9. The number of esters is 1. The lowest BCUT2D eigenvalue weighted by molar-refractivity contribution is -0.144. The number of rotatable bonds is 2. The first-order chi connectivity index (χ1) is 8.32. The summed E-state index contributed by atoms with van der Waals surface area (Å²) in [7, 11) is -3.42. The summed E-state index contributed by atoms with van der Waals surface area (Å²) in [6.45, 7) is 0. The Hall–Kier alpha value is -0.110. The summed E-state index contributed by atoms with van der Waals surface area (Å²) < 4.78 is 35.3. The molecular weight excluding hydrogens is 348 g/mol. The Morgan fingerprint density at radius 1 is 1.56 bits per heavy atom. The third kappa shape index (κ3) is 1.36. The molecule has 3 heterocycles. The van der Waals surface area contributed by atoms with Crippen molar-refractivity contribution in [2.24, 2.45) is 5.92 Å². The molecule has 3 aliphatic heterocycles. The molecule has 1 spiro atoms. The number of fused-ring (bicyclic) bond motifs is 1. The molecule has 3 rings (SSSR count). The standard InChI is InChI=1S/C10H10BrClO5S/c1-18(14,15)8-4-2-5(11)10(17-4)6(3-12)16-9(13)7(8)10/h2,4,6-8H,3H2,1H3/t4-,6+,7+,8-,10-/m0/s1. The number of alkyl halides is 1. The fourth-order valence-corrected chi connectivity index (χ4v) is 5.66. The van der Waals surface area contributed by atoms with Crippen molar-refractivity contribution in [1.82, 2.24) is 0 Å². The van der Waals surface area contributed by atoms with Crippen LogP contribution >= 0.6 is 27.5 Å². The number of hydrogen-bond donors (Lipinski definition) is 0. The van der Waals surface area contributed by atoms with E-state index in [0.29, 0.717) is 4.48 Å². The molecule has 0 unspecified atom stereocenters. The summed E-state index contributed by atoms with van der Waals surface area (Å²) in [6.07, 6.45) is 1.53. The monoisotopic (exact) mass is 356 g/mol. The van der Waals surface area contributed by atoms with Gasteiger partial charge in [0, 0.05) is 10.7 Å². The topological polar surface area (TPSA) is 69.7 Å². The number of hydrogen-bond acceptors (Lipinski definition) is 5. The average Bonchev–Trinajstić information content (AvgIpc) is 2.83. The van der Waals surface area contributed by atoms with Gasteiger partial charge in [-0.25, -0.2) is 8.42 Å². The van der Waals surface area contributed by atoms with Crippen LogP contribution in [0.5, 0.6) is 0 Å². The molecule has 0 aromatic carbocycles. The van der Waals surface area contributed by atoms with Gasteiger partial charge in [-0.05, 0) is 6.08 Å². The highest BCUT2D eigenvalue weighted by Gasteiger charge is 2.73. The fourth-order valence-electron chi connectivity index (χ4n) is 3.08. The minimum absolute atomic E-state index is 0.0639. The van der Waals surface area contributed by atoms with Crippen molar-refractivity contribution in [3.8, 4) is 0 Å². The number of cyclic esters (lactones) is 1. The van der Waals surface area contributed by atoms with Crippen LogP contribution in [0.1, 0.15) is 0 Å². The third-order valence-corrected chi connectivity index (χ3v) is 6.45. The van der Waals surface area contributed by atoms with Crippen molar-refractivity contribution in [1.29, 1.82) is 0 Å². The number of carbonyl (C=O) groups is 1. The first kappa shape index (κ1) is 12.9. The molecule has 0 radical (unpaired) electrons. The largest absolute Gasteiger partial charge is 0.457 e. The second-order valence-electron chi connectivity index (χ2n) is 4.74. The Morgan fingerprint density at radius 2 is 2.22 bits per heavy atom. The van der Waals surface area contributed by atoms with Crippen molar-refractivity contribution < 1.29 is 22.7 Å². The van der Waals surface area contributed by atoms with Crippen LogP contribution in [0.3, 0.4) is 0 Å². The van der Waals surface area contributed by atoms with Crippen LogP contribution in [-0.2, 0) is 24.1 Å². The van der Waals surface area contributed by atoms with Gasteiger partial charge >= 0.3 is 5.97 Å². The molecule has 2 fully saturated rings. The lowest BCUT2D eigenvalue weighted by Gasteiger charge is -2.28. The van der Waals surface area contributed by atoms with E-state index in [9.17, 15) is 13.2 Å². The van der Waals surface area contributed by atoms with Crippen molar-refractivity contribution >= 4 is 43.3 Å². The summed E-state index contributed by atoms with van der Waals surface area (Å²) in [5.74, 6) is -1.32. The molecular formula is C10H10BrClO5S. The smallest absolute Gasteiger partial charge is 0.314 e. The van der Waals surface area contributed by atoms with Gasteiger partial charge in [0.1, 0.15) is 17.3 Å². The van der Waals surface area contributed by atoms with Gasteiger partial charge in [0.2, 0.25) is 0 Å². The van der Waals surface area contributed by atoms with Gasteiger partial charge in [-0.1, -0.05) is 15.9 Å². The summed E-state index contributed by atoms with van der Waals surface area (Å²) >= 11 is 9.15. The molecule has 0 N–H and O–H groups in total. The quantitative estimate of drug-likeness (QED) is 0.535. The van der Waals surface area contributed by atoms with Gasteiger partial charge < -0.3 is 9.47 Å². The number of carbonyl (C=O) groups excluding carboxylic acids is 1. The van der Waals surface area contributed by atoms with Gasteiger partial charge in [0.05, 0.1) is 12.0 Å². The second-order valence-corrected chi connectivity index (χ2v) is 8.11. The molecule has 0 saturated carbocycles. The van der Waals surface area contributed by atoms with Crippen LogP contribution in [0.4, 0.5) is 0 Å². The highest BCUT2D eigenvalue weighted by Crippen LogP contribution is 2.58. The lowest BCUT2D eigenvalue weighted by atomic mass is 9.81. The Kier molecular flexibility index (Phi) is 2.66. The normalized spacial score (nSPS) is 45.9. The van der Waals surface area contributed by atoms with Gasteiger partial charge in [-0.2, -0.15) is 0 Å². The SMILES string of the molecule is CS(=O)(=O)[C@H]1[C@@H]2C=C(Br)[C@]3(O2)[C@@H](CCl)OC(=O)[C@@H]13. The zero-order valence-corrected chi connectivity index (χ0v) is 12.5. The van der Waals surface area contributed by atoms with Crippen LogP contribution in [0.2, 0.25) is 0 Å². The van der Waals surface area contributed by atoms with Crippen LogP contribution in [0.25, 0.3) is 0 Å². The average molecular weight is 358 g/mol. The maximum absolute atomic E-state index is 11.9. The lowest BCUT2D eigenvalue weighted by Crippen LogP contribution is -2.47. The second kappa shape index (κ2) is 3.71. The molecule has 2 saturated heterocycles. The van der Waals surface area contributed by atoms with E-state index in [0.717, 1.165) is 6.26 Å². The van der Waals surface area contributed by atoms with E-state index in [-0.39, 0.29) is 5.88 Å². The summed E-state index contributed by atoms with van der Waals surface area (Å²) in [4.78, 5) is 11.9. The van der Waals surface area contributed by atoms with Crippen molar-refractivity contribution in [3.05, 3.63) is 10.6 Å². The van der Waals surface area contributed by atoms with Crippen molar-refractivity contribution in [2.45, 2.75) is 23.1 Å². The molecule has 100 valence electrons. The Labute approximate surface area is 118 Å². The minimum atomic E-state index is -3.42. The van der Waals surface area contributed by atoms with E-state index in [1.54, 1.807) is 6.08 Å². The molecule has 0 aromatic heterocycles. The van der Waals surface area contributed by atoms with E-state index in [1.807, 2.05) is 0 Å². The fraction of sp³-hybridized carbons (Fsp3) is 0.700. The predicted molar refractivity (Wildman–Crippen MR) is 67.3 cm³/mol. The van der Waals surface area contributed by atoms with Crippen LogP contribution < -0.4 is 0 Å². The maximum Gasteiger partial charge on any atom is 0.314 e. The first-order valence-electron chi connectivity index (χ1n) is 5.33. The van der Waals surface area contributed by atoms with Gasteiger partial charge in [0.15, 0.2) is 15.4 Å². The van der Waals surface area contributed by atoms with Crippen LogP contribution in [0.15, 0.2) is 10.6 Å².